The molecule has 3 aromatic carbocycles. The minimum atomic E-state index is -3.83. The van der Waals surface area contributed by atoms with Crippen LogP contribution in [0.5, 0.6) is 0 Å². The number of carbonyl (C=O) groups is 1. The number of aryl methyl sites for hydroxylation is 1. The number of anilines is 2. The number of carbonyl (C=O) groups excluding carboxylic acids is 1. The Morgan fingerprint density at radius 1 is 0.970 bits per heavy atom. The number of amides is 1. The predicted octanol–water partition coefficient (Wildman–Crippen LogP) is 3.14. The molecule has 1 aliphatic heterocycles. The van der Waals surface area contributed by atoms with Crippen molar-refractivity contribution in [3.63, 3.8) is 0 Å². The van der Waals surface area contributed by atoms with Gasteiger partial charge in [0, 0.05) is 38.3 Å². The van der Waals surface area contributed by atoms with E-state index in [4.69, 9.17) is 0 Å². The lowest BCUT2D eigenvalue weighted by atomic mass is 10.1. The first-order valence-corrected chi connectivity index (χ1v) is 12.4. The summed E-state index contributed by atoms with van der Waals surface area (Å²) >= 11 is 0. The zero-order valence-electron chi connectivity index (χ0n) is 18.5. The number of sulfonamides is 1. The molecule has 0 saturated carbocycles. The first-order valence-electron chi connectivity index (χ1n) is 10.9. The fraction of sp³-hybridized carbons (Fsp3) is 0.240. The summed E-state index contributed by atoms with van der Waals surface area (Å²) in [6, 6.07) is 21.7. The van der Waals surface area contributed by atoms with E-state index in [0.717, 1.165) is 37.4 Å². The highest BCUT2D eigenvalue weighted by molar-refractivity contribution is 7.92. The van der Waals surface area contributed by atoms with Gasteiger partial charge in [-0.25, -0.2) is 8.42 Å². The Labute approximate surface area is 194 Å². The number of rotatable bonds is 7. The van der Waals surface area contributed by atoms with E-state index in [1.165, 1.54) is 0 Å². The van der Waals surface area contributed by atoms with Crippen molar-refractivity contribution in [3.05, 3.63) is 89.5 Å². The van der Waals surface area contributed by atoms with Crippen LogP contribution in [0.4, 0.5) is 11.4 Å². The van der Waals surface area contributed by atoms with Crippen LogP contribution in [-0.4, -0.2) is 40.5 Å². The highest BCUT2D eigenvalue weighted by Gasteiger charge is 2.22. The molecule has 0 atom stereocenters. The maximum Gasteiger partial charge on any atom is 0.262 e. The smallest absolute Gasteiger partial charge is 0.262 e. The van der Waals surface area contributed by atoms with Crippen LogP contribution in [0, 0.1) is 6.92 Å². The van der Waals surface area contributed by atoms with E-state index in [0.29, 0.717) is 23.4 Å². The summed E-state index contributed by atoms with van der Waals surface area (Å²) in [7, 11) is -3.83. The van der Waals surface area contributed by atoms with E-state index in [1.807, 2.05) is 36.4 Å². The van der Waals surface area contributed by atoms with Crippen molar-refractivity contribution in [2.24, 2.45) is 0 Å². The molecule has 0 spiro atoms. The minimum Gasteiger partial charge on any atom is -0.367 e. The van der Waals surface area contributed by atoms with Gasteiger partial charge >= 0.3 is 0 Å². The Morgan fingerprint density at radius 2 is 1.67 bits per heavy atom. The van der Waals surface area contributed by atoms with Crippen molar-refractivity contribution in [1.82, 2.24) is 10.6 Å². The lowest BCUT2D eigenvalue weighted by molar-refractivity contribution is 0.0951. The van der Waals surface area contributed by atoms with Crippen LogP contribution in [0.15, 0.2) is 77.7 Å². The van der Waals surface area contributed by atoms with Gasteiger partial charge in [-0.2, -0.15) is 0 Å². The fourth-order valence-corrected chi connectivity index (χ4v) is 5.19. The van der Waals surface area contributed by atoms with Gasteiger partial charge in [0.25, 0.3) is 15.9 Å². The summed E-state index contributed by atoms with van der Waals surface area (Å²) in [5.74, 6) is -0.262. The molecule has 1 heterocycles. The van der Waals surface area contributed by atoms with Crippen molar-refractivity contribution in [2.45, 2.75) is 18.4 Å². The van der Waals surface area contributed by atoms with Crippen molar-refractivity contribution >= 4 is 27.3 Å². The highest BCUT2D eigenvalue weighted by Crippen LogP contribution is 2.30. The first-order chi connectivity index (χ1) is 15.9. The van der Waals surface area contributed by atoms with Gasteiger partial charge in [-0.3, -0.25) is 9.52 Å². The molecule has 1 fully saturated rings. The number of hydrogen-bond donors (Lipinski definition) is 3. The molecule has 8 heteroatoms. The SMILES string of the molecule is Cc1ccccc1S(=O)(=O)Nc1cc(C(=O)NCc2ccccc2)ccc1N1CCNCC1. The number of nitrogens with one attached hydrogen (secondary N) is 3. The molecule has 1 aliphatic rings. The molecule has 172 valence electrons. The molecule has 7 nitrogen and oxygen atoms in total. The molecule has 0 aromatic heterocycles. The van der Waals surface area contributed by atoms with Crippen LogP contribution in [0.1, 0.15) is 21.5 Å². The molecular weight excluding hydrogens is 436 g/mol. The molecule has 0 aliphatic carbocycles. The van der Waals surface area contributed by atoms with Gasteiger partial charge in [0.1, 0.15) is 0 Å². The maximum atomic E-state index is 13.2. The molecule has 3 aromatic rings. The van der Waals surface area contributed by atoms with Crippen molar-refractivity contribution in [2.75, 3.05) is 35.8 Å². The minimum absolute atomic E-state index is 0.218. The van der Waals surface area contributed by atoms with E-state index in [1.54, 1.807) is 43.3 Å². The number of piperazine rings is 1. The predicted molar refractivity (Wildman–Crippen MR) is 131 cm³/mol. The van der Waals surface area contributed by atoms with Crippen molar-refractivity contribution in [1.29, 1.82) is 0 Å². The molecule has 3 N–H and O–H groups in total. The van der Waals surface area contributed by atoms with Crippen LogP contribution in [0.25, 0.3) is 0 Å². The molecule has 1 amide bonds. The van der Waals surface area contributed by atoms with E-state index in [9.17, 15) is 13.2 Å². The Bertz CT molecular complexity index is 1220. The lowest BCUT2D eigenvalue weighted by Gasteiger charge is -2.31. The van der Waals surface area contributed by atoms with Gasteiger partial charge < -0.3 is 15.5 Å². The maximum absolute atomic E-state index is 13.2. The summed E-state index contributed by atoms with van der Waals surface area (Å²) in [5.41, 5.74) is 3.20. The second-order valence-corrected chi connectivity index (χ2v) is 9.66. The quantitative estimate of drug-likeness (QED) is 0.500. The molecule has 0 radical (unpaired) electrons. The fourth-order valence-electron chi connectivity index (χ4n) is 3.88. The summed E-state index contributed by atoms with van der Waals surface area (Å²) in [6.07, 6.45) is 0. The standard InChI is InChI=1S/C25H28N4O3S/c1-19-7-5-6-10-24(19)33(31,32)28-22-17-21(11-12-23(22)29-15-13-26-14-16-29)25(30)27-18-20-8-3-2-4-9-20/h2-12,17,26,28H,13-16,18H2,1H3,(H,27,30). The molecule has 1 saturated heterocycles. The number of hydrogen-bond acceptors (Lipinski definition) is 5. The van der Waals surface area contributed by atoms with E-state index in [-0.39, 0.29) is 10.8 Å². The topological polar surface area (TPSA) is 90.5 Å². The Balaban J connectivity index is 1.63. The highest BCUT2D eigenvalue weighted by atomic mass is 32.2. The van der Waals surface area contributed by atoms with E-state index >= 15 is 0 Å². The van der Waals surface area contributed by atoms with E-state index in [2.05, 4.69) is 20.3 Å². The van der Waals surface area contributed by atoms with Crippen LogP contribution in [0.2, 0.25) is 0 Å². The van der Waals surface area contributed by atoms with Gasteiger partial charge in [0.15, 0.2) is 0 Å². The van der Waals surface area contributed by atoms with Gasteiger partial charge in [-0.15, -0.1) is 0 Å². The average Bonchev–Trinajstić information content (AvgIpc) is 2.83. The summed E-state index contributed by atoms with van der Waals surface area (Å²) in [6.45, 7) is 5.27. The second-order valence-electron chi connectivity index (χ2n) is 8.01. The average molecular weight is 465 g/mol. The van der Waals surface area contributed by atoms with Crippen LogP contribution in [-0.2, 0) is 16.6 Å². The Kier molecular flexibility index (Phi) is 6.96. The lowest BCUT2D eigenvalue weighted by Crippen LogP contribution is -2.43. The van der Waals surface area contributed by atoms with Gasteiger partial charge in [0.2, 0.25) is 0 Å². The number of benzene rings is 3. The molecule has 0 bridgehead atoms. The zero-order valence-corrected chi connectivity index (χ0v) is 19.4. The van der Waals surface area contributed by atoms with Crippen LogP contribution in [0.3, 0.4) is 0 Å². The third-order valence-corrected chi connectivity index (χ3v) is 7.17. The summed E-state index contributed by atoms with van der Waals surface area (Å²) in [5, 5.41) is 6.21. The monoisotopic (exact) mass is 464 g/mol. The zero-order chi connectivity index (χ0) is 23.3. The summed E-state index contributed by atoms with van der Waals surface area (Å²) in [4.78, 5) is 15.2. The normalized spacial score (nSPS) is 14.0. The molecule has 4 rings (SSSR count). The van der Waals surface area contributed by atoms with Crippen LogP contribution >= 0.6 is 0 Å². The summed E-state index contributed by atoms with van der Waals surface area (Å²) < 4.78 is 29.2. The molecule has 33 heavy (non-hydrogen) atoms. The molecular formula is C25H28N4O3S. The third-order valence-electron chi connectivity index (χ3n) is 5.64. The first kappa shape index (κ1) is 22.8. The Hall–Kier alpha value is -3.36. The Morgan fingerprint density at radius 3 is 2.39 bits per heavy atom. The second kappa shape index (κ2) is 10.1. The van der Waals surface area contributed by atoms with Crippen molar-refractivity contribution < 1.29 is 13.2 Å². The van der Waals surface area contributed by atoms with Gasteiger partial charge in [-0.05, 0) is 42.3 Å². The van der Waals surface area contributed by atoms with Gasteiger partial charge in [-0.1, -0.05) is 48.5 Å². The molecule has 0 unspecified atom stereocenters. The van der Waals surface area contributed by atoms with Crippen LogP contribution < -0.4 is 20.3 Å². The van der Waals surface area contributed by atoms with Gasteiger partial charge in [0.05, 0.1) is 16.3 Å². The number of nitrogens with zero attached hydrogens (tertiary/aromatic N) is 1. The van der Waals surface area contributed by atoms with E-state index < -0.39 is 10.0 Å². The largest absolute Gasteiger partial charge is 0.367 e. The third kappa shape index (κ3) is 5.53. The van der Waals surface area contributed by atoms with Crippen molar-refractivity contribution in [3.8, 4) is 0 Å².